The van der Waals surface area contributed by atoms with Crippen LogP contribution in [-0.4, -0.2) is 52.0 Å². The molecule has 0 spiro atoms. The van der Waals surface area contributed by atoms with Crippen LogP contribution in [0.1, 0.15) is 35.4 Å². The van der Waals surface area contributed by atoms with E-state index >= 15 is 0 Å². The summed E-state index contributed by atoms with van der Waals surface area (Å²) in [6, 6.07) is 1.53. The third-order valence-electron chi connectivity index (χ3n) is 3.58. The van der Waals surface area contributed by atoms with E-state index in [-0.39, 0.29) is 15.7 Å². The molecule has 1 aromatic rings. The molecule has 0 unspecified atom stereocenters. The van der Waals surface area contributed by atoms with Crippen LogP contribution in [0.25, 0.3) is 0 Å². The lowest BCUT2D eigenvalue weighted by molar-refractivity contribution is 0.0949. The predicted octanol–water partition coefficient (Wildman–Crippen LogP) is 1.69. The second kappa shape index (κ2) is 8.05. The van der Waals surface area contributed by atoms with E-state index in [1.165, 1.54) is 10.4 Å². The molecule has 0 atom stereocenters. The maximum absolute atomic E-state index is 12.7. The molecule has 1 amide bonds. The van der Waals surface area contributed by atoms with Crippen LogP contribution in [0.15, 0.2) is 16.3 Å². The van der Waals surface area contributed by atoms with Gasteiger partial charge in [0.25, 0.3) is 5.91 Å². The summed E-state index contributed by atoms with van der Waals surface area (Å²) >= 11 is 1.16. The third-order valence-corrected chi connectivity index (χ3v) is 6.56. The van der Waals surface area contributed by atoms with Gasteiger partial charge in [0.1, 0.15) is 9.77 Å². The van der Waals surface area contributed by atoms with E-state index in [0.717, 1.165) is 30.6 Å². The van der Waals surface area contributed by atoms with Gasteiger partial charge in [0.05, 0.1) is 0 Å². The average molecular weight is 346 g/mol. The van der Waals surface area contributed by atoms with Crippen molar-refractivity contribution in [3.63, 3.8) is 0 Å². The standard InChI is InChI=1S/C14H22N2O4S2/c1-20-10-5-7-15-14(17)13-12(6-11-21-13)22(18,19)16-8-3-2-4-9-16/h6,11H,2-5,7-10H2,1H3,(H,15,17). The van der Waals surface area contributed by atoms with Gasteiger partial charge in [-0.25, -0.2) is 8.42 Å². The normalized spacial score (nSPS) is 16.6. The molecule has 0 aliphatic carbocycles. The Balaban J connectivity index is 2.09. The van der Waals surface area contributed by atoms with E-state index in [2.05, 4.69) is 5.32 Å². The van der Waals surface area contributed by atoms with Crippen molar-refractivity contribution in [2.24, 2.45) is 0 Å². The van der Waals surface area contributed by atoms with Crippen molar-refractivity contribution in [3.8, 4) is 0 Å². The molecule has 0 radical (unpaired) electrons. The molecule has 1 aliphatic rings. The number of hydrogen-bond donors (Lipinski definition) is 1. The number of nitrogens with zero attached hydrogens (tertiary/aromatic N) is 1. The summed E-state index contributed by atoms with van der Waals surface area (Å²) in [6.45, 7) is 2.09. The van der Waals surface area contributed by atoms with Crippen molar-refractivity contribution in [3.05, 3.63) is 16.3 Å². The molecule has 8 heteroatoms. The van der Waals surface area contributed by atoms with E-state index < -0.39 is 10.0 Å². The highest BCUT2D eigenvalue weighted by Crippen LogP contribution is 2.27. The lowest BCUT2D eigenvalue weighted by Crippen LogP contribution is -2.36. The van der Waals surface area contributed by atoms with Crippen molar-refractivity contribution in [1.82, 2.24) is 9.62 Å². The quantitative estimate of drug-likeness (QED) is 0.762. The molecule has 1 aromatic heterocycles. The first-order valence-electron chi connectivity index (χ1n) is 7.42. The van der Waals surface area contributed by atoms with Gasteiger partial charge >= 0.3 is 0 Å². The van der Waals surface area contributed by atoms with Crippen LogP contribution in [-0.2, 0) is 14.8 Å². The van der Waals surface area contributed by atoms with Gasteiger partial charge < -0.3 is 10.1 Å². The first-order valence-corrected chi connectivity index (χ1v) is 9.74. The minimum absolute atomic E-state index is 0.128. The van der Waals surface area contributed by atoms with Gasteiger partial charge in [0.2, 0.25) is 10.0 Å². The fourth-order valence-corrected chi connectivity index (χ4v) is 5.24. The number of carbonyl (C=O) groups excluding carboxylic acids is 1. The average Bonchev–Trinajstić information content (AvgIpc) is 3.03. The highest BCUT2D eigenvalue weighted by atomic mass is 32.2. The maximum atomic E-state index is 12.7. The Kier molecular flexibility index (Phi) is 6.37. The topological polar surface area (TPSA) is 75.7 Å². The molecule has 22 heavy (non-hydrogen) atoms. The third kappa shape index (κ3) is 4.07. The molecule has 1 aliphatic heterocycles. The maximum Gasteiger partial charge on any atom is 0.262 e. The Hall–Kier alpha value is -0.960. The summed E-state index contributed by atoms with van der Waals surface area (Å²) in [5.41, 5.74) is 0. The van der Waals surface area contributed by atoms with Gasteiger partial charge in [0.15, 0.2) is 0 Å². The second-order valence-electron chi connectivity index (χ2n) is 5.18. The molecule has 0 aromatic carbocycles. The largest absolute Gasteiger partial charge is 0.385 e. The molecule has 1 N–H and O–H groups in total. The highest BCUT2D eigenvalue weighted by molar-refractivity contribution is 7.89. The predicted molar refractivity (Wildman–Crippen MR) is 85.8 cm³/mol. The molecule has 124 valence electrons. The SMILES string of the molecule is COCCCNC(=O)c1sccc1S(=O)(=O)N1CCCCC1. The number of ether oxygens (including phenoxy) is 1. The Morgan fingerprint density at radius 3 is 2.77 bits per heavy atom. The first-order chi connectivity index (χ1) is 10.6. The van der Waals surface area contributed by atoms with Crippen LogP contribution in [0.5, 0.6) is 0 Å². The number of carbonyl (C=O) groups is 1. The van der Waals surface area contributed by atoms with E-state index in [1.807, 2.05) is 0 Å². The zero-order valence-corrected chi connectivity index (χ0v) is 14.3. The summed E-state index contributed by atoms with van der Waals surface area (Å²) < 4.78 is 31.8. The van der Waals surface area contributed by atoms with Crippen molar-refractivity contribution >= 4 is 27.3 Å². The van der Waals surface area contributed by atoms with Gasteiger partial charge in [0, 0.05) is 33.4 Å². The number of piperidine rings is 1. The van der Waals surface area contributed by atoms with Crippen molar-refractivity contribution in [1.29, 1.82) is 0 Å². The van der Waals surface area contributed by atoms with Crippen LogP contribution in [0.4, 0.5) is 0 Å². The molecule has 1 fully saturated rings. The minimum atomic E-state index is -3.57. The summed E-state index contributed by atoms with van der Waals surface area (Å²) in [7, 11) is -1.97. The number of sulfonamides is 1. The summed E-state index contributed by atoms with van der Waals surface area (Å²) in [6.07, 6.45) is 3.51. The Morgan fingerprint density at radius 2 is 2.09 bits per heavy atom. The van der Waals surface area contributed by atoms with Crippen molar-refractivity contribution in [2.75, 3.05) is 33.4 Å². The minimum Gasteiger partial charge on any atom is -0.385 e. The second-order valence-corrected chi connectivity index (χ2v) is 8.00. The number of thiophene rings is 1. The smallest absolute Gasteiger partial charge is 0.262 e. The van der Waals surface area contributed by atoms with Gasteiger partial charge in [-0.3, -0.25) is 4.79 Å². The molecule has 6 nitrogen and oxygen atoms in total. The Bertz CT molecular complexity index is 592. The van der Waals surface area contributed by atoms with Gasteiger partial charge in [-0.1, -0.05) is 6.42 Å². The monoisotopic (exact) mass is 346 g/mol. The fourth-order valence-electron chi connectivity index (χ4n) is 2.41. The molecule has 2 rings (SSSR count). The Labute approximate surface area is 135 Å². The van der Waals surface area contributed by atoms with Crippen LogP contribution in [0.3, 0.4) is 0 Å². The van der Waals surface area contributed by atoms with E-state index in [9.17, 15) is 13.2 Å². The van der Waals surface area contributed by atoms with E-state index in [0.29, 0.717) is 32.7 Å². The molecule has 2 heterocycles. The van der Waals surface area contributed by atoms with Crippen LogP contribution in [0.2, 0.25) is 0 Å². The molecular formula is C14H22N2O4S2. The Morgan fingerprint density at radius 1 is 1.36 bits per heavy atom. The van der Waals surface area contributed by atoms with Gasteiger partial charge in [-0.15, -0.1) is 11.3 Å². The number of hydrogen-bond acceptors (Lipinski definition) is 5. The number of methoxy groups -OCH3 is 1. The molecule has 0 bridgehead atoms. The van der Waals surface area contributed by atoms with Crippen molar-refractivity contribution in [2.45, 2.75) is 30.6 Å². The van der Waals surface area contributed by atoms with Crippen molar-refractivity contribution < 1.29 is 17.9 Å². The van der Waals surface area contributed by atoms with E-state index in [1.54, 1.807) is 12.5 Å². The van der Waals surface area contributed by atoms with Crippen LogP contribution < -0.4 is 5.32 Å². The zero-order chi connectivity index (χ0) is 16.0. The number of nitrogens with one attached hydrogen (secondary N) is 1. The van der Waals surface area contributed by atoms with Gasteiger partial charge in [-0.2, -0.15) is 4.31 Å². The lowest BCUT2D eigenvalue weighted by Gasteiger charge is -2.25. The molecule has 0 saturated carbocycles. The summed E-state index contributed by atoms with van der Waals surface area (Å²) in [5.74, 6) is -0.332. The van der Waals surface area contributed by atoms with E-state index in [4.69, 9.17) is 4.74 Å². The molecular weight excluding hydrogens is 324 g/mol. The van der Waals surface area contributed by atoms with Gasteiger partial charge in [-0.05, 0) is 30.7 Å². The number of amides is 1. The summed E-state index contributed by atoms with van der Waals surface area (Å²) in [4.78, 5) is 12.6. The fraction of sp³-hybridized carbons (Fsp3) is 0.643. The summed E-state index contributed by atoms with van der Waals surface area (Å²) in [5, 5.41) is 4.40. The van der Waals surface area contributed by atoms with Crippen LogP contribution in [0, 0.1) is 0 Å². The zero-order valence-electron chi connectivity index (χ0n) is 12.7. The first kappa shape index (κ1) is 17.4. The highest BCUT2D eigenvalue weighted by Gasteiger charge is 2.30. The lowest BCUT2D eigenvalue weighted by atomic mass is 10.2. The molecule has 1 saturated heterocycles. The number of rotatable bonds is 7. The van der Waals surface area contributed by atoms with Crippen LogP contribution >= 0.6 is 11.3 Å².